The van der Waals surface area contributed by atoms with Crippen molar-refractivity contribution < 1.29 is 14.3 Å². The summed E-state index contributed by atoms with van der Waals surface area (Å²) < 4.78 is 12.0. The van der Waals surface area contributed by atoms with E-state index >= 15 is 0 Å². The van der Waals surface area contributed by atoms with Crippen molar-refractivity contribution in [3.05, 3.63) is 101 Å². The van der Waals surface area contributed by atoms with Gasteiger partial charge < -0.3 is 14.8 Å². The minimum Gasteiger partial charge on any atom is -0.489 e. The molecule has 1 saturated carbocycles. The number of nitrogens with zero attached hydrogens (tertiary/aromatic N) is 2. The first-order chi connectivity index (χ1) is 17.1. The minimum absolute atomic E-state index is 0.149. The van der Waals surface area contributed by atoms with Crippen LogP contribution in [0.1, 0.15) is 58.3 Å². The molecule has 1 aliphatic rings. The lowest BCUT2D eigenvalue weighted by Crippen LogP contribution is -2.36. The van der Waals surface area contributed by atoms with Crippen molar-refractivity contribution >= 4 is 5.91 Å². The second-order valence-corrected chi connectivity index (χ2v) is 8.50. The molecule has 1 aliphatic carbocycles. The van der Waals surface area contributed by atoms with Crippen LogP contribution >= 0.6 is 0 Å². The molecule has 35 heavy (non-hydrogen) atoms. The van der Waals surface area contributed by atoms with Gasteiger partial charge in [0.15, 0.2) is 0 Å². The standard InChI is InChI=1S/C29H26N3O3/c30-17-21-6-10-23(11-7-21)19-34-27-14-25(29(33)32-26-4-2-1-3-5-26)15-28(16-27)35-20-24-12-8-22(18-31)9-13-24/h1,6-16,26H,2-5,19-20H2,(H,32,33). The van der Waals surface area contributed by atoms with Gasteiger partial charge in [-0.05, 0) is 79.6 Å². The Balaban J connectivity index is 1.49. The van der Waals surface area contributed by atoms with Gasteiger partial charge in [0.2, 0.25) is 0 Å². The van der Waals surface area contributed by atoms with Gasteiger partial charge in [-0.2, -0.15) is 10.5 Å². The Morgan fingerprint density at radius 3 is 1.74 bits per heavy atom. The summed E-state index contributed by atoms with van der Waals surface area (Å²) in [5.41, 5.74) is 3.49. The molecule has 0 atom stereocenters. The number of ether oxygens (including phenoxy) is 2. The van der Waals surface area contributed by atoms with E-state index < -0.39 is 0 Å². The number of rotatable bonds is 8. The van der Waals surface area contributed by atoms with E-state index in [4.69, 9.17) is 20.0 Å². The molecule has 0 unspecified atom stereocenters. The second kappa shape index (κ2) is 11.7. The average molecular weight is 465 g/mol. The van der Waals surface area contributed by atoms with E-state index in [9.17, 15) is 4.79 Å². The Hall–Kier alpha value is -4.29. The average Bonchev–Trinajstić information content (AvgIpc) is 2.91. The van der Waals surface area contributed by atoms with Crippen molar-refractivity contribution in [1.82, 2.24) is 5.32 Å². The van der Waals surface area contributed by atoms with Crippen LogP contribution in [0.3, 0.4) is 0 Å². The Morgan fingerprint density at radius 1 is 0.800 bits per heavy atom. The number of benzene rings is 3. The zero-order chi connectivity index (χ0) is 24.5. The normalized spacial score (nSPS) is 13.3. The topological polar surface area (TPSA) is 95.1 Å². The molecule has 1 N–H and O–H groups in total. The molecule has 0 heterocycles. The molecule has 175 valence electrons. The number of hydrogen-bond donors (Lipinski definition) is 1. The van der Waals surface area contributed by atoms with E-state index in [2.05, 4.69) is 23.9 Å². The summed E-state index contributed by atoms with van der Waals surface area (Å²) in [5.74, 6) is 0.895. The molecule has 3 aromatic carbocycles. The first kappa shape index (κ1) is 23.9. The lowest BCUT2D eigenvalue weighted by molar-refractivity contribution is 0.0929. The number of carbonyl (C=O) groups excluding carboxylic acids is 1. The molecule has 6 nitrogen and oxygen atoms in total. The van der Waals surface area contributed by atoms with Crippen molar-refractivity contribution in [3.63, 3.8) is 0 Å². The number of nitrogens with one attached hydrogen (secondary N) is 1. The summed E-state index contributed by atoms with van der Waals surface area (Å²) in [6.07, 6.45) is 6.18. The minimum atomic E-state index is -0.149. The summed E-state index contributed by atoms with van der Waals surface area (Å²) in [6, 6.07) is 23.9. The lowest BCUT2D eigenvalue weighted by Gasteiger charge is -2.23. The van der Waals surface area contributed by atoms with Gasteiger partial charge in [0.05, 0.1) is 23.3 Å². The van der Waals surface area contributed by atoms with Crippen LogP contribution in [0.15, 0.2) is 66.7 Å². The number of nitriles is 2. The molecule has 0 bridgehead atoms. The fourth-order valence-electron chi connectivity index (χ4n) is 3.89. The Morgan fingerprint density at radius 2 is 1.29 bits per heavy atom. The Bertz CT molecular complexity index is 1150. The van der Waals surface area contributed by atoms with Crippen molar-refractivity contribution in [2.24, 2.45) is 0 Å². The molecule has 3 aromatic rings. The number of hydrogen-bond acceptors (Lipinski definition) is 5. The largest absolute Gasteiger partial charge is 0.489 e. The first-order valence-corrected chi connectivity index (χ1v) is 11.6. The van der Waals surface area contributed by atoms with Crippen LogP contribution in [0, 0.1) is 29.1 Å². The maximum Gasteiger partial charge on any atom is 0.251 e. The van der Waals surface area contributed by atoms with Gasteiger partial charge in [-0.1, -0.05) is 24.3 Å². The highest BCUT2D eigenvalue weighted by molar-refractivity contribution is 5.95. The van der Waals surface area contributed by atoms with Crippen LogP contribution in [-0.4, -0.2) is 11.9 Å². The Kier molecular flexibility index (Phi) is 7.99. The van der Waals surface area contributed by atoms with Crippen molar-refractivity contribution in [2.45, 2.75) is 44.9 Å². The van der Waals surface area contributed by atoms with Crippen LogP contribution in [0.5, 0.6) is 11.5 Å². The summed E-state index contributed by atoms with van der Waals surface area (Å²) in [6.45, 7) is 0.592. The molecule has 4 rings (SSSR count). The third-order valence-corrected chi connectivity index (χ3v) is 5.89. The molecule has 1 amide bonds. The smallest absolute Gasteiger partial charge is 0.251 e. The molecule has 1 radical (unpaired) electrons. The van der Waals surface area contributed by atoms with E-state index in [1.807, 2.05) is 24.3 Å². The van der Waals surface area contributed by atoms with E-state index in [0.29, 0.717) is 41.4 Å². The van der Waals surface area contributed by atoms with Gasteiger partial charge in [0.25, 0.3) is 5.91 Å². The highest BCUT2D eigenvalue weighted by Crippen LogP contribution is 2.26. The van der Waals surface area contributed by atoms with Gasteiger partial charge >= 0.3 is 0 Å². The van der Waals surface area contributed by atoms with E-state index in [1.54, 1.807) is 42.5 Å². The highest BCUT2D eigenvalue weighted by Gasteiger charge is 2.18. The van der Waals surface area contributed by atoms with E-state index in [-0.39, 0.29) is 11.9 Å². The van der Waals surface area contributed by atoms with Gasteiger partial charge in [-0.3, -0.25) is 4.79 Å². The lowest BCUT2D eigenvalue weighted by atomic mass is 9.95. The van der Waals surface area contributed by atoms with Crippen LogP contribution in [0.2, 0.25) is 0 Å². The van der Waals surface area contributed by atoms with Crippen LogP contribution in [0.4, 0.5) is 0 Å². The number of carbonyl (C=O) groups is 1. The predicted octanol–water partition coefficient (Wildman–Crippen LogP) is 5.46. The van der Waals surface area contributed by atoms with Gasteiger partial charge in [0, 0.05) is 17.7 Å². The Labute approximate surface area is 205 Å². The monoisotopic (exact) mass is 464 g/mol. The SMILES string of the molecule is N#Cc1ccc(COc2cc(OCc3ccc(C#N)cc3)cc(C(=O)NC3CC[CH]CC3)c2)cc1. The van der Waals surface area contributed by atoms with Gasteiger partial charge in [-0.15, -0.1) is 0 Å². The molecule has 1 fully saturated rings. The second-order valence-electron chi connectivity index (χ2n) is 8.50. The highest BCUT2D eigenvalue weighted by atomic mass is 16.5. The number of amides is 1. The summed E-state index contributed by atoms with van der Waals surface area (Å²) in [4.78, 5) is 13.0. The molecular weight excluding hydrogens is 438 g/mol. The molecular formula is C29H26N3O3. The van der Waals surface area contributed by atoms with E-state index in [1.165, 1.54) is 0 Å². The quantitative estimate of drug-likeness (QED) is 0.477. The first-order valence-electron chi connectivity index (χ1n) is 11.6. The predicted molar refractivity (Wildman–Crippen MR) is 131 cm³/mol. The van der Waals surface area contributed by atoms with Crippen LogP contribution in [-0.2, 0) is 13.2 Å². The maximum absolute atomic E-state index is 13.0. The zero-order valence-corrected chi connectivity index (χ0v) is 19.4. The zero-order valence-electron chi connectivity index (χ0n) is 19.4. The molecule has 0 saturated heterocycles. The van der Waals surface area contributed by atoms with Crippen LogP contribution in [0.25, 0.3) is 0 Å². The van der Waals surface area contributed by atoms with E-state index in [0.717, 1.165) is 36.8 Å². The van der Waals surface area contributed by atoms with Crippen molar-refractivity contribution in [2.75, 3.05) is 0 Å². The van der Waals surface area contributed by atoms with Gasteiger partial charge in [-0.25, -0.2) is 0 Å². The van der Waals surface area contributed by atoms with Crippen molar-refractivity contribution in [1.29, 1.82) is 10.5 Å². The fourth-order valence-corrected chi connectivity index (χ4v) is 3.89. The third-order valence-electron chi connectivity index (χ3n) is 5.89. The molecule has 0 aromatic heterocycles. The maximum atomic E-state index is 13.0. The summed E-state index contributed by atoms with van der Waals surface area (Å²) in [5, 5.41) is 21.1. The third kappa shape index (κ3) is 6.85. The summed E-state index contributed by atoms with van der Waals surface area (Å²) >= 11 is 0. The molecule has 0 aliphatic heterocycles. The summed E-state index contributed by atoms with van der Waals surface area (Å²) in [7, 11) is 0. The van der Waals surface area contributed by atoms with Crippen molar-refractivity contribution in [3.8, 4) is 23.6 Å². The molecule has 0 spiro atoms. The van der Waals surface area contributed by atoms with Gasteiger partial charge in [0.1, 0.15) is 24.7 Å². The van der Waals surface area contributed by atoms with Crippen LogP contribution < -0.4 is 14.8 Å². The fraction of sp³-hybridized carbons (Fsp3) is 0.241. The molecule has 6 heteroatoms.